The smallest absolute Gasteiger partial charge is 0.250 e. The van der Waals surface area contributed by atoms with Crippen LogP contribution < -0.4 is 16.8 Å². The van der Waals surface area contributed by atoms with Crippen LogP contribution in [0.25, 0.3) is 0 Å². The molecule has 2 aromatic carbocycles. The van der Waals surface area contributed by atoms with E-state index in [1.165, 1.54) is 0 Å². The molecule has 0 atom stereocenters. The third-order valence-corrected chi connectivity index (χ3v) is 3.01. The van der Waals surface area contributed by atoms with E-state index in [2.05, 4.69) is 5.32 Å². The molecule has 0 fully saturated rings. The fourth-order valence-corrected chi connectivity index (χ4v) is 1.97. The standard InChI is InChI=1S/C15H17N3O2/c16-13-3-1-2-12(15(17)20)14(13)18-9-8-10-4-6-11(19)7-5-10/h1-7,18-19H,8-9,16H2,(H2,17,20). The second-order valence-corrected chi connectivity index (χ2v) is 4.48. The highest BCUT2D eigenvalue weighted by Gasteiger charge is 2.10. The van der Waals surface area contributed by atoms with E-state index in [1.54, 1.807) is 30.3 Å². The molecule has 0 aliphatic rings. The average molecular weight is 271 g/mol. The highest BCUT2D eigenvalue weighted by molar-refractivity contribution is 6.01. The Kier molecular flexibility index (Phi) is 4.10. The molecule has 0 aliphatic carbocycles. The van der Waals surface area contributed by atoms with E-state index >= 15 is 0 Å². The van der Waals surface area contributed by atoms with Gasteiger partial charge in [-0.25, -0.2) is 0 Å². The molecule has 5 heteroatoms. The van der Waals surface area contributed by atoms with E-state index in [-0.39, 0.29) is 5.75 Å². The SMILES string of the molecule is NC(=O)c1cccc(N)c1NCCc1ccc(O)cc1. The molecule has 0 radical (unpaired) electrons. The third-order valence-electron chi connectivity index (χ3n) is 3.01. The lowest BCUT2D eigenvalue weighted by atomic mass is 10.1. The van der Waals surface area contributed by atoms with Gasteiger partial charge >= 0.3 is 0 Å². The largest absolute Gasteiger partial charge is 0.508 e. The number of carbonyl (C=O) groups is 1. The van der Waals surface area contributed by atoms with Crippen molar-refractivity contribution in [2.24, 2.45) is 5.73 Å². The van der Waals surface area contributed by atoms with Crippen molar-refractivity contribution in [3.63, 3.8) is 0 Å². The quantitative estimate of drug-likeness (QED) is 0.622. The minimum atomic E-state index is -0.510. The number of nitrogens with one attached hydrogen (secondary N) is 1. The summed E-state index contributed by atoms with van der Waals surface area (Å²) in [6.07, 6.45) is 0.743. The minimum absolute atomic E-state index is 0.241. The Morgan fingerprint density at radius 2 is 1.85 bits per heavy atom. The number of benzene rings is 2. The first-order chi connectivity index (χ1) is 9.58. The first-order valence-corrected chi connectivity index (χ1v) is 6.28. The average Bonchev–Trinajstić information content (AvgIpc) is 2.42. The molecular formula is C15H17N3O2. The number of hydrogen-bond acceptors (Lipinski definition) is 4. The fraction of sp³-hybridized carbons (Fsp3) is 0.133. The van der Waals surface area contributed by atoms with Crippen molar-refractivity contribution in [1.82, 2.24) is 0 Å². The number of para-hydroxylation sites is 1. The van der Waals surface area contributed by atoms with E-state index in [4.69, 9.17) is 11.5 Å². The summed E-state index contributed by atoms with van der Waals surface area (Å²) in [6.45, 7) is 0.610. The van der Waals surface area contributed by atoms with Gasteiger partial charge in [0.25, 0.3) is 5.91 Å². The van der Waals surface area contributed by atoms with Gasteiger partial charge in [0, 0.05) is 6.54 Å². The van der Waals surface area contributed by atoms with Gasteiger partial charge in [-0.2, -0.15) is 0 Å². The summed E-state index contributed by atoms with van der Waals surface area (Å²) in [7, 11) is 0. The zero-order valence-electron chi connectivity index (χ0n) is 11.0. The second kappa shape index (κ2) is 5.97. The maximum atomic E-state index is 11.3. The Hall–Kier alpha value is -2.69. The van der Waals surface area contributed by atoms with Crippen molar-refractivity contribution in [3.8, 4) is 5.75 Å². The molecule has 20 heavy (non-hydrogen) atoms. The Bertz CT molecular complexity index is 609. The predicted octanol–water partition coefficient (Wildman–Crippen LogP) is 1.73. The number of anilines is 2. The van der Waals surface area contributed by atoms with Gasteiger partial charge in [0.1, 0.15) is 5.75 Å². The molecule has 2 aromatic rings. The Morgan fingerprint density at radius 1 is 1.15 bits per heavy atom. The van der Waals surface area contributed by atoms with Gasteiger partial charge in [0.15, 0.2) is 0 Å². The molecule has 0 aliphatic heterocycles. The van der Waals surface area contributed by atoms with E-state index < -0.39 is 5.91 Å². The Morgan fingerprint density at radius 3 is 2.50 bits per heavy atom. The molecule has 1 amide bonds. The van der Waals surface area contributed by atoms with E-state index in [0.717, 1.165) is 12.0 Å². The molecular weight excluding hydrogens is 254 g/mol. The van der Waals surface area contributed by atoms with Crippen molar-refractivity contribution in [2.45, 2.75) is 6.42 Å². The molecule has 5 nitrogen and oxygen atoms in total. The highest BCUT2D eigenvalue weighted by atomic mass is 16.3. The van der Waals surface area contributed by atoms with Crippen molar-refractivity contribution in [3.05, 3.63) is 53.6 Å². The molecule has 0 spiro atoms. The maximum absolute atomic E-state index is 11.3. The number of phenolic OH excluding ortho intramolecular Hbond substituents is 1. The van der Waals surface area contributed by atoms with Crippen LogP contribution in [0.15, 0.2) is 42.5 Å². The summed E-state index contributed by atoms with van der Waals surface area (Å²) in [5.41, 5.74) is 13.7. The van der Waals surface area contributed by atoms with E-state index in [9.17, 15) is 9.90 Å². The lowest BCUT2D eigenvalue weighted by Gasteiger charge is -2.12. The van der Waals surface area contributed by atoms with Crippen molar-refractivity contribution < 1.29 is 9.90 Å². The van der Waals surface area contributed by atoms with Gasteiger partial charge in [-0.15, -0.1) is 0 Å². The van der Waals surface area contributed by atoms with Crippen LogP contribution in [-0.2, 0) is 6.42 Å². The van der Waals surface area contributed by atoms with Gasteiger partial charge < -0.3 is 21.9 Å². The second-order valence-electron chi connectivity index (χ2n) is 4.48. The normalized spacial score (nSPS) is 10.2. The Labute approximate surface area is 117 Å². The van der Waals surface area contributed by atoms with Gasteiger partial charge in [-0.3, -0.25) is 4.79 Å². The van der Waals surface area contributed by atoms with Crippen molar-refractivity contribution >= 4 is 17.3 Å². The lowest BCUT2D eigenvalue weighted by Crippen LogP contribution is -2.16. The summed E-state index contributed by atoms with van der Waals surface area (Å²) in [4.78, 5) is 11.3. The van der Waals surface area contributed by atoms with Crippen LogP contribution in [0.3, 0.4) is 0 Å². The number of hydrogen-bond donors (Lipinski definition) is 4. The Balaban J connectivity index is 2.04. The first kappa shape index (κ1) is 13.7. The lowest BCUT2D eigenvalue weighted by molar-refractivity contribution is 0.100. The van der Waals surface area contributed by atoms with Crippen LogP contribution >= 0.6 is 0 Å². The predicted molar refractivity (Wildman–Crippen MR) is 79.7 cm³/mol. The van der Waals surface area contributed by atoms with Crippen LogP contribution in [0.2, 0.25) is 0 Å². The highest BCUT2D eigenvalue weighted by Crippen LogP contribution is 2.23. The van der Waals surface area contributed by atoms with Crippen LogP contribution in [-0.4, -0.2) is 17.6 Å². The van der Waals surface area contributed by atoms with Gasteiger partial charge in [0.05, 0.1) is 16.9 Å². The summed E-state index contributed by atoms with van der Waals surface area (Å²) < 4.78 is 0. The van der Waals surface area contributed by atoms with Crippen LogP contribution in [0.4, 0.5) is 11.4 Å². The number of primary amides is 1. The van der Waals surface area contributed by atoms with Gasteiger partial charge in [-0.05, 0) is 36.2 Å². The fourth-order valence-electron chi connectivity index (χ4n) is 1.97. The topological polar surface area (TPSA) is 101 Å². The zero-order chi connectivity index (χ0) is 14.5. The van der Waals surface area contributed by atoms with Crippen LogP contribution in [0, 0.1) is 0 Å². The number of phenols is 1. The molecule has 6 N–H and O–H groups in total. The molecule has 0 unspecified atom stereocenters. The molecule has 104 valence electrons. The zero-order valence-corrected chi connectivity index (χ0v) is 11.0. The number of carbonyl (C=O) groups excluding carboxylic acids is 1. The molecule has 0 aromatic heterocycles. The van der Waals surface area contributed by atoms with Crippen LogP contribution in [0.1, 0.15) is 15.9 Å². The van der Waals surface area contributed by atoms with E-state index in [0.29, 0.717) is 23.5 Å². The number of aromatic hydroxyl groups is 1. The minimum Gasteiger partial charge on any atom is -0.508 e. The summed E-state index contributed by atoms with van der Waals surface area (Å²) in [5.74, 6) is -0.269. The summed E-state index contributed by atoms with van der Waals surface area (Å²) in [6, 6.07) is 12.0. The summed E-state index contributed by atoms with van der Waals surface area (Å²) in [5, 5.41) is 12.3. The van der Waals surface area contributed by atoms with Gasteiger partial charge in [-0.1, -0.05) is 18.2 Å². The first-order valence-electron chi connectivity index (χ1n) is 6.28. The summed E-state index contributed by atoms with van der Waals surface area (Å²) >= 11 is 0. The number of rotatable bonds is 5. The maximum Gasteiger partial charge on any atom is 0.250 e. The monoisotopic (exact) mass is 271 g/mol. The van der Waals surface area contributed by atoms with E-state index in [1.807, 2.05) is 12.1 Å². The molecule has 2 rings (SSSR count). The number of nitrogen functional groups attached to an aromatic ring is 1. The number of nitrogens with two attached hydrogens (primary N) is 2. The van der Waals surface area contributed by atoms with Crippen LogP contribution in [0.5, 0.6) is 5.75 Å². The molecule has 0 saturated heterocycles. The molecule has 0 heterocycles. The molecule has 0 bridgehead atoms. The van der Waals surface area contributed by atoms with Gasteiger partial charge in [0.2, 0.25) is 0 Å². The number of amides is 1. The third kappa shape index (κ3) is 3.20. The van der Waals surface area contributed by atoms with Crippen molar-refractivity contribution in [2.75, 3.05) is 17.6 Å². The van der Waals surface area contributed by atoms with Crippen molar-refractivity contribution in [1.29, 1.82) is 0 Å². The molecule has 0 saturated carbocycles.